The lowest BCUT2D eigenvalue weighted by atomic mass is 9.95. The first kappa shape index (κ1) is 19.0. The highest BCUT2D eigenvalue weighted by Gasteiger charge is 2.33. The Bertz CT molecular complexity index is 1100. The van der Waals surface area contributed by atoms with Crippen LogP contribution in [0.4, 0.5) is 11.6 Å². The van der Waals surface area contributed by atoms with Crippen molar-refractivity contribution < 1.29 is 9.53 Å². The molecule has 0 saturated heterocycles. The number of anilines is 2. The Balaban J connectivity index is 1.76. The van der Waals surface area contributed by atoms with Crippen LogP contribution in [-0.4, -0.2) is 27.8 Å². The number of allylic oxidation sites excluding steroid dienone is 1. The van der Waals surface area contributed by atoms with Crippen molar-refractivity contribution in [2.24, 2.45) is 0 Å². The summed E-state index contributed by atoms with van der Waals surface area (Å²) in [7, 11) is 1.62. The maximum atomic E-state index is 13.3. The topological polar surface area (TPSA) is 81.1 Å². The quantitative estimate of drug-likeness (QED) is 0.675. The van der Waals surface area contributed by atoms with Gasteiger partial charge in [-0.1, -0.05) is 29.8 Å². The van der Waals surface area contributed by atoms with Gasteiger partial charge in [-0.2, -0.15) is 10.1 Å². The number of amides is 1. The first-order chi connectivity index (χ1) is 14.0. The van der Waals surface area contributed by atoms with E-state index in [4.69, 9.17) is 16.3 Å². The molecule has 0 aliphatic carbocycles. The third-order valence-electron chi connectivity index (χ3n) is 4.92. The van der Waals surface area contributed by atoms with Crippen molar-refractivity contribution in [1.82, 2.24) is 14.8 Å². The van der Waals surface area contributed by atoms with E-state index >= 15 is 0 Å². The van der Waals surface area contributed by atoms with Crippen LogP contribution in [0, 0.1) is 6.92 Å². The predicted molar refractivity (Wildman–Crippen MR) is 112 cm³/mol. The number of halogens is 1. The molecule has 1 aliphatic heterocycles. The summed E-state index contributed by atoms with van der Waals surface area (Å²) in [6.07, 6.45) is 1.47. The first-order valence-electron chi connectivity index (χ1n) is 9.06. The number of aromatic nitrogens is 3. The van der Waals surface area contributed by atoms with Gasteiger partial charge < -0.3 is 15.4 Å². The Labute approximate surface area is 173 Å². The summed E-state index contributed by atoms with van der Waals surface area (Å²) in [5.41, 5.74) is 3.75. The molecule has 1 aliphatic rings. The molecular formula is C21H20ClN5O2. The normalized spacial score (nSPS) is 15.5. The van der Waals surface area contributed by atoms with Crippen molar-refractivity contribution in [3.63, 3.8) is 0 Å². The van der Waals surface area contributed by atoms with Crippen molar-refractivity contribution in [3.8, 4) is 5.75 Å². The number of benzene rings is 2. The van der Waals surface area contributed by atoms with Gasteiger partial charge in [0.2, 0.25) is 5.95 Å². The molecule has 4 rings (SSSR count). The van der Waals surface area contributed by atoms with Gasteiger partial charge in [-0.05, 0) is 49.2 Å². The number of ether oxygens (including phenoxy) is 1. The molecule has 3 aromatic rings. The fourth-order valence-electron chi connectivity index (χ4n) is 3.40. The van der Waals surface area contributed by atoms with Gasteiger partial charge in [-0.15, -0.1) is 0 Å². The molecule has 2 heterocycles. The number of nitrogens with zero attached hydrogens (tertiary/aromatic N) is 3. The lowest BCUT2D eigenvalue weighted by Crippen LogP contribution is -2.31. The van der Waals surface area contributed by atoms with Crippen LogP contribution in [-0.2, 0) is 4.79 Å². The minimum atomic E-state index is -0.431. The number of carbonyl (C=O) groups excluding carboxylic acids is 1. The molecule has 0 saturated carbocycles. The van der Waals surface area contributed by atoms with Crippen LogP contribution in [0.1, 0.15) is 24.1 Å². The Morgan fingerprint density at radius 1 is 1.21 bits per heavy atom. The number of fused-ring (bicyclic) bond motifs is 1. The summed E-state index contributed by atoms with van der Waals surface area (Å²) in [6.45, 7) is 3.78. The molecule has 0 radical (unpaired) electrons. The summed E-state index contributed by atoms with van der Waals surface area (Å²) < 4.78 is 6.96. The molecule has 0 spiro atoms. The average molecular weight is 410 g/mol. The number of hydrogen-bond donors (Lipinski definition) is 2. The average Bonchev–Trinajstić information content (AvgIpc) is 3.17. The highest BCUT2D eigenvalue weighted by atomic mass is 35.5. The molecule has 7 nitrogen and oxygen atoms in total. The Kier molecular flexibility index (Phi) is 4.98. The second kappa shape index (κ2) is 7.60. The summed E-state index contributed by atoms with van der Waals surface area (Å²) in [4.78, 5) is 17.6. The Hall–Kier alpha value is -3.32. The van der Waals surface area contributed by atoms with E-state index in [-0.39, 0.29) is 5.91 Å². The molecule has 0 bridgehead atoms. The zero-order chi connectivity index (χ0) is 20.5. The third kappa shape index (κ3) is 3.56. The number of methoxy groups -OCH3 is 1. The zero-order valence-electron chi connectivity index (χ0n) is 16.2. The van der Waals surface area contributed by atoms with Crippen LogP contribution in [0.5, 0.6) is 5.75 Å². The molecule has 1 atom stereocenters. The lowest BCUT2D eigenvalue weighted by molar-refractivity contribution is -0.113. The summed E-state index contributed by atoms with van der Waals surface area (Å²) >= 11 is 6.11. The van der Waals surface area contributed by atoms with Crippen LogP contribution >= 0.6 is 11.6 Å². The van der Waals surface area contributed by atoms with Crippen molar-refractivity contribution in [3.05, 3.63) is 76.2 Å². The largest absolute Gasteiger partial charge is 0.497 e. The van der Waals surface area contributed by atoms with Gasteiger partial charge in [0, 0.05) is 16.4 Å². The van der Waals surface area contributed by atoms with E-state index in [2.05, 4.69) is 20.7 Å². The Morgan fingerprint density at radius 3 is 2.69 bits per heavy atom. The zero-order valence-corrected chi connectivity index (χ0v) is 17.0. The fourth-order valence-corrected chi connectivity index (χ4v) is 3.57. The summed E-state index contributed by atoms with van der Waals surface area (Å²) in [5, 5.41) is 11.0. The van der Waals surface area contributed by atoms with Crippen molar-refractivity contribution >= 4 is 29.1 Å². The number of nitrogens with one attached hydrogen (secondary N) is 2. The third-order valence-corrected chi connectivity index (χ3v) is 5.15. The van der Waals surface area contributed by atoms with Gasteiger partial charge in [0.15, 0.2) is 0 Å². The van der Waals surface area contributed by atoms with E-state index in [9.17, 15) is 4.79 Å². The second-order valence-electron chi connectivity index (χ2n) is 6.78. The number of carbonyl (C=O) groups is 1. The second-order valence-corrected chi connectivity index (χ2v) is 7.22. The molecular weight excluding hydrogens is 390 g/mol. The SMILES string of the molecule is COc1ccc(C2C(C(=O)Nc3cc(Cl)ccc3C)=C(C)Nc3ncnn32)cc1. The fraction of sp³-hybridized carbons (Fsp3) is 0.190. The molecule has 1 amide bonds. The number of aryl methyl sites for hydroxylation is 1. The van der Waals surface area contributed by atoms with E-state index in [0.717, 1.165) is 16.9 Å². The molecule has 1 unspecified atom stereocenters. The monoisotopic (exact) mass is 409 g/mol. The molecule has 2 N–H and O–H groups in total. The van der Waals surface area contributed by atoms with Gasteiger partial charge in [-0.25, -0.2) is 4.68 Å². The molecule has 8 heteroatoms. The van der Waals surface area contributed by atoms with E-state index in [1.54, 1.807) is 23.9 Å². The van der Waals surface area contributed by atoms with Crippen LogP contribution in [0.15, 0.2) is 60.1 Å². The van der Waals surface area contributed by atoms with Gasteiger partial charge in [0.05, 0.1) is 12.7 Å². The van der Waals surface area contributed by atoms with Gasteiger partial charge in [0.1, 0.15) is 18.1 Å². The smallest absolute Gasteiger partial charge is 0.255 e. The van der Waals surface area contributed by atoms with Crippen LogP contribution in [0.2, 0.25) is 5.02 Å². The summed E-state index contributed by atoms with van der Waals surface area (Å²) in [6, 6.07) is 12.5. The van der Waals surface area contributed by atoms with E-state index in [1.807, 2.05) is 44.2 Å². The van der Waals surface area contributed by atoms with Crippen LogP contribution < -0.4 is 15.4 Å². The van der Waals surface area contributed by atoms with Gasteiger partial charge in [0.25, 0.3) is 5.91 Å². The van der Waals surface area contributed by atoms with Crippen molar-refractivity contribution in [2.45, 2.75) is 19.9 Å². The molecule has 1 aromatic heterocycles. The van der Waals surface area contributed by atoms with Crippen LogP contribution in [0.3, 0.4) is 0 Å². The first-order valence-corrected chi connectivity index (χ1v) is 9.44. The number of hydrogen-bond acceptors (Lipinski definition) is 5. The van der Waals surface area contributed by atoms with E-state index in [0.29, 0.717) is 27.9 Å². The molecule has 0 fully saturated rings. The van der Waals surface area contributed by atoms with Gasteiger partial charge in [-0.3, -0.25) is 4.79 Å². The minimum absolute atomic E-state index is 0.234. The highest BCUT2D eigenvalue weighted by molar-refractivity contribution is 6.31. The van der Waals surface area contributed by atoms with Crippen molar-refractivity contribution in [1.29, 1.82) is 0 Å². The van der Waals surface area contributed by atoms with Crippen molar-refractivity contribution in [2.75, 3.05) is 17.7 Å². The molecule has 148 valence electrons. The van der Waals surface area contributed by atoms with E-state index in [1.165, 1.54) is 6.33 Å². The molecule has 29 heavy (non-hydrogen) atoms. The predicted octanol–water partition coefficient (Wildman–Crippen LogP) is 4.18. The molecule has 2 aromatic carbocycles. The minimum Gasteiger partial charge on any atom is -0.497 e. The lowest BCUT2D eigenvalue weighted by Gasteiger charge is -2.29. The maximum absolute atomic E-state index is 13.3. The number of rotatable bonds is 4. The van der Waals surface area contributed by atoms with Crippen LogP contribution in [0.25, 0.3) is 0 Å². The Morgan fingerprint density at radius 2 is 1.97 bits per heavy atom. The standard InChI is InChI=1S/C21H20ClN5O2/c1-12-4-7-15(22)10-17(12)26-20(28)18-13(2)25-21-23-11-24-27(21)19(18)14-5-8-16(29-3)9-6-14/h4-11,19H,1-3H3,(H,26,28)(H,23,24,25). The highest BCUT2D eigenvalue weighted by Crippen LogP contribution is 2.36. The van der Waals surface area contributed by atoms with Gasteiger partial charge >= 0.3 is 0 Å². The maximum Gasteiger partial charge on any atom is 0.255 e. The van der Waals surface area contributed by atoms with E-state index < -0.39 is 6.04 Å². The summed E-state index contributed by atoms with van der Waals surface area (Å²) in [5.74, 6) is 1.09.